The highest BCUT2D eigenvalue weighted by molar-refractivity contribution is 5.72. The Morgan fingerprint density at radius 3 is 2.19 bits per heavy atom. The number of rotatable bonds is 7. The zero-order valence-corrected chi connectivity index (χ0v) is 10.5. The number of hydrogen-bond acceptors (Lipinski definition) is 3. The molecular formula is C12H22O4. The van der Waals surface area contributed by atoms with Crippen LogP contribution in [0.4, 0.5) is 0 Å². The monoisotopic (exact) mass is 230 g/mol. The number of carbonyl (C=O) groups is 2. The highest BCUT2D eigenvalue weighted by atomic mass is 16.5. The van der Waals surface area contributed by atoms with Crippen molar-refractivity contribution in [3.05, 3.63) is 0 Å². The van der Waals surface area contributed by atoms with Gasteiger partial charge in [-0.25, -0.2) is 0 Å². The van der Waals surface area contributed by atoms with Gasteiger partial charge in [-0.15, -0.1) is 0 Å². The lowest BCUT2D eigenvalue weighted by Gasteiger charge is -2.19. The largest absolute Gasteiger partial charge is 0.481 e. The summed E-state index contributed by atoms with van der Waals surface area (Å²) in [6, 6.07) is 0. The molecule has 4 nitrogen and oxygen atoms in total. The summed E-state index contributed by atoms with van der Waals surface area (Å²) < 4.78 is 4.70. The van der Waals surface area contributed by atoms with Crippen LogP contribution >= 0.6 is 0 Å². The maximum absolute atomic E-state index is 11.4. The molecule has 16 heavy (non-hydrogen) atoms. The van der Waals surface area contributed by atoms with Gasteiger partial charge in [0.15, 0.2) is 0 Å². The standard InChI is InChI=1S/C12H22O4/c1-5-10(12(15)16-4)7-8(2)6-9(3)11(13)14/h8-10H,5-7H2,1-4H3,(H,13,14). The molecule has 0 aromatic heterocycles. The third kappa shape index (κ3) is 5.14. The van der Waals surface area contributed by atoms with Gasteiger partial charge in [-0.3, -0.25) is 9.59 Å². The Morgan fingerprint density at radius 1 is 1.25 bits per heavy atom. The first-order valence-electron chi connectivity index (χ1n) is 5.72. The van der Waals surface area contributed by atoms with Gasteiger partial charge in [0.2, 0.25) is 0 Å². The topological polar surface area (TPSA) is 63.6 Å². The van der Waals surface area contributed by atoms with E-state index in [0.717, 1.165) is 6.42 Å². The highest BCUT2D eigenvalue weighted by Gasteiger charge is 2.22. The van der Waals surface area contributed by atoms with E-state index in [4.69, 9.17) is 9.84 Å². The average Bonchev–Trinajstić information content (AvgIpc) is 2.24. The summed E-state index contributed by atoms with van der Waals surface area (Å²) in [5, 5.41) is 8.79. The van der Waals surface area contributed by atoms with E-state index in [1.165, 1.54) is 7.11 Å². The van der Waals surface area contributed by atoms with Crippen LogP contribution in [0.1, 0.15) is 40.0 Å². The van der Waals surface area contributed by atoms with Crippen LogP contribution in [0.25, 0.3) is 0 Å². The molecule has 94 valence electrons. The summed E-state index contributed by atoms with van der Waals surface area (Å²) in [6.45, 7) is 5.61. The first kappa shape index (κ1) is 14.9. The van der Waals surface area contributed by atoms with Crippen molar-refractivity contribution in [3.63, 3.8) is 0 Å². The number of esters is 1. The highest BCUT2D eigenvalue weighted by Crippen LogP contribution is 2.22. The summed E-state index contributed by atoms with van der Waals surface area (Å²) in [5.41, 5.74) is 0. The molecule has 0 aliphatic heterocycles. The molecule has 0 spiro atoms. The van der Waals surface area contributed by atoms with E-state index in [-0.39, 0.29) is 23.7 Å². The average molecular weight is 230 g/mol. The second kappa shape index (κ2) is 7.25. The SMILES string of the molecule is CCC(CC(C)CC(C)C(=O)O)C(=O)OC. The molecule has 0 bridgehead atoms. The van der Waals surface area contributed by atoms with E-state index in [2.05, 4.69) is 0 Å². The van der Waals surface area contributed by atoms with Gasteiger partial charge < -0.3 is 9.84 Å². The summed E-state index contributed by atoms with van der Waals surface area (Å²) in [6.07, 6.45) is 2.03. The van der Waals surface area contributed by atoms with Crippen LogP contribution in [-0.2, 0) is 14.3 Å². The Kier molecular flexibility index (Phi) is 6.77. The minimum atomic E-state index is -0.780. The lowest BCUT2D eigenvalue weighted by atomic mass is 9.88. The third-order valence-electron chi connectivity index (χ3n) is 2.89. The molecule has 3 unspecified atom stereocenters. The van der Waals surface area contributed by atoms with E-state index in [0.29, 0.717) is 12.8 Å². The Hall–Kier alpha value is -1.06. The minimum Gasteiger partial charge on any atom is -0.481 e. The molecule has 0 radical (unpaired) electrons. The second-order valence-corrected chi connectivity index (χ2v) is 4.44. The molecule has 0 amide bonds. The predicted molar refractivity (Wildman–Crippen MR) is 61.0 cm³/mol. The summed E-state index contributed by atoms with van der Waals surface area (Å²) in [4.78, 5) is 22.0. The Bertz CT molecular complexity index is 237. The molecule has 0 saturated heterocycles. The lowest BCUT2D eigenvalue weighted by Crippen LogP contribution is -2.20. The number of carboxylic acids is 1. The molecule has 1 N–H and O–H groups in total. The van der Waals surface area contributed by atoms with Crippen molar-refractivity contribution in [3.8, 4) is 0 Å². The van der Waals surface area contributed by atoms with Gasteiger partial charge in [-0.1, -0.05) is 20.8 Å². The summed E-state index contributed by atoms with van der Waals surface area (Å²) >= 11 is 0. The van der Waals surface area contributed by atoms with Crippen LogP contribution in [0, 0.1) is 17.8 Å². The Morgan fingerprint density at radius 2 is 1.81 bits per heavy atom. The van der Waals surface area contributed by atoms with Gasteiger partial charge in [-0.05, 0) is 25.2 Å². The maximum atomic E-state index is 11.4. The van der Waals surface area contributed by atoms with Crippen LogP contribution in [0.15, 0.2) is 0 Å². The fourth-order valence-electron chi connectivity index (χ4n) is 1.88. The maximum Gasteiger partial charge on any atom is 0.308 e. The molecule has 0 saturated carbocycles. The number of hydrogen-bond donors (Lipinski definition) is 1. The molecular weight excluding hydrogens is 208 g/mol. The Labute approximate surface area is 97.0 Å². The van der Waals surface area contributed by atoms with E-state index < -0.39 is 5.97 Å². The fourth-order valence-corrected chi connectivity index (χ4v) is 1.88. The van der Waals surface area contributed by atoms with Crippen molar-refractivity contribution in [1.29, 1.82) is 0 Å². The van der Waals surface area contributed by atoms with Crippen molar-refractivity contribution >= 4 is 11.9 Å². The van der Waals surface area contributed by atoms with E-state index in [1.807, 2.05) is 13.8 Å². The Balaban J connectivity index is 4.15. The molecule has 0 aromatic rings. The van der Waals surface area contributed by atoms with Crippen molar-refractivity contribution < 1.29 is 19.4 Å². The minimum absolute atomic E-state index is 0.110. The number of carbonyl (C=O) groups excluding carboxylic acids is 1. The first-order valence-corrected chi connectivity index (χ1v) is 5.72. The van der Waals surface area contributed by atoms with Gasteiger partial charge in [0.1, 0.15) is 0 Å². The quantitative estimate of drug-likeness (QED) is 0.682. The van der Waals surface area contributed by atoms with Crippen molar-refractivity contribution in [1.82, 2.24) is 0 Å². The smallest absolute Gasteiger partial charge is 0.308 e. The van der Waals surface area contributed by atoms with Crippen LogP contribution in [0.2, 0.25) is 0 Å². The molecule has 0 aromatic carbocycles. The van der Waals surface area contributed by atoms with Crippen LogP contribution in [0.5, 0.6) is 0 Å². The second-order valence-electron chi connectivity index (χ2n) is 4.44. The number of aliphatic carboxylic acids is 1. The molecule has 0 rings (SSSR count). The van der Waals surface area contributed by atoms with Crippen molar-refractivity contribution in [2.75, 3.05) is 7.11 Å². The zero-order valence-electron chi connectivity index (χ0n) is 10.5. The molecule has 0 aliphatic carbocycles. The van der Waals surface area contributed by atoms with Crippen LogP contribution in [-0.4, -0.2) is 24.2 Å². The number of carboxylic acid groups (broad SMARTS) is 1. The fraction of sp³-hybridized carbons (Fsp3) is 0.833. The molecule has 3 atom stereocenters. The van der Waals surface area contributed by atoms with Gasteiger partial charge in [0.05, 0.1) is 18.9 Å². The molecule has 0 heterocycles. The third-order valence-corrected chi connectivity index (χ3v) is 2.89. The van der Waals surface area contributed by atoms with Gasteiger partial charge in [0, 0.05) is 0 Å². The summed E-state index contributed by atoms with van der Waals surface area (Å²) in [5.74, 6) is -1.23. The van der Waals surface area contributed by atoms with Gasteiger partial charge in [-0.2, -0.15) is 0 Å². The van der Waals surface area contributed by atoms with E-state index in [1.54, 1.807) is 6.92 Å². The zero-order chi connectivity index (χ0) is 12.7. The number of methoxy groups -OCH3 is 1. The van der Waals surface area contributed by atoms with Crippen LogP contribution in [0.3, 0.4) is 0 Å². The molecule has 4 heteroatoms. The number of ether oxygens (including phenoxy) is 1. The van der Waals surface area contributed by atoms with Crippen molar-refractivity contribution in [2.45, 2.75) is 40.0 Å². The molecule has 0 aliphatic rings. The van der Waals surface area contributed by atoms with Gasteiger partial charge in [0.25, 0.3) is 0 Å². The van der Waals surface area contributed by atoms with Gasteiger partial charge >= 0.3 is 11.9 Å². The first-order chi connectivity index (χ1) is 7.42. The normalized spacial score (nSPS) is 16.2. The summed E-state index contributed by atoms with van der Waals surface area (Å²) in [7, 11) is 1.38. The van der Waals surface area contributed by atoms with Crippen molar-refractivity contribution in [2.24, 2.45) is 17.8 Å². The van der Waals surface area contributed by atoms with E-state index in [9.17, 15) is 9.59 Å². The predicted octanol–water partition coefficient (Wildman–Crippen LogP) is 2.32. The van der Waals surface area contributed by atoms with Crippen LogP contribution < -0.4 is 0 Å². The molecule has 0 fully saturated rings. The van der Waals surface area contributed by atoms with E-state index >= 15 is 0 Å². The lowest BCUT2D eigenvalue weighted by molar-refractivity contribution is -0.146.